The van der Waals surface area contributed by atoms with E-state index in [0.29, 0.717) is 0 Å². The van der Waals surface area contributed by atoms with E-state index in [-0.39, 0.29) is 57.2 Å². The summed E-state index contributed by atoms with van der Waals surface area (Å²) >= 11 is 0. The van der Waals surface area contributed by atoms with E-state index in [4.69, 9.17) is 0 Å². The molecule has 1 nitrogen and oxygen atoms in total. The molecule has 0 N–H and O–H groups in total. The molecule has 1 aromatic rings. The Morgan fingerprint density at radius 3 is 2.00 bits per heavy atom. The van der Waals surface area contributed by atoms with Crippen molar-refractivity contribution in [2.24, 2.45) is 0 Å². The fourth-order valence-electron chi connectivity index (χ4n) is 0.673. The van der Waals surface area contributed by atoms with E-state index in [1.54, 1.807) is 6.92 Å². The molecule has 1 rings (SSSR count). The normalized spacial score (nSPS) is 8.10. The molecule has 0 saturated carbocycles. The van der Waals surface area contributed by atoms with Crippen LogP contribution in [0.1, 0.15) is 17.3 Å². The van der Waals surface area contributed by atoms with Gasteiger partial charge in [0.1, 0.15) is 0 Å². The monoisotopic (exact) mass is 160 g/mol. The van der Waals surface area contributed by atoms with Crippen molar-refractivity contribution < 1.29 is 4.79 Å². The van der Waals surface area contributed by atoms with Gasteiger partial charge in [-0.2, -0.15) is 0 Å². The van der Waals surface area contributed by atoms with Gasteiger partial charge in [-0.05, 0) is 6.92 Å². The van der Waals surface area contributed by atoms with Gasteiger partial charge in [-0.25, -0.2) is 0 Å². The number of carbonyl (C=O) groups excluding carboxylic acids is 1. The summed E-state index contributed by atoms with van der Waals surface area (Å²) in [6, 6.07) is 9.23. The van der Waals surface area contributed by atoms with Crippen molar-refractivity contribution in [1.29, 1.82) is 0 Å². The molecule has 2 heteroatoms. The number of hydrogen-bond acceptors (Lipinski definition) is 1. The maximum absolute atomic E-state index is 10.6. The summed E-state index contributed by atoms with van der Waals surface area (Å²) in [5.74, 6) is 0.121. The van der Waals surface area contributed by atoms with Gasteiger partial charge in [0.15, 0.2) is 5.78 Å². The first-order valence-electron chi connectivity index (χ1n) is 2.86. The predicted molar refractivity (Wildman–Crippen MR) is 43.6 cm³/mol. The van der Waals surface area contributed by atoms with Crippen LogP contribution in [-0.2, 0) is 0 Å². The van der Waals surface area contributed by atoms with Crippen LogP contribution in [0.5, 0.6) is 0 Å². The zero-order valence-corrected chi connectivity index (χ0v) is 5.29. The molecule has 0 fully saturated rings. The summed E-state index contributed by atoms with van der Waals surface area (Å²) in [5, 5.41) is 0. The molecule has 0 saturated heterocycles. The van der Waals surface area contributed by atoms with Crippen LogP contribution in [0.2, 0.25) is 0 Å². The van der Waals surface area contributed by atoms with Gasteiger partial charge in [-0.1, -0.05) is 30.3 Å². The van der Waals surface area contributed by atoms with Gasteiger partial charge in [0.25, 0.3) is 0 Å². The van der Waals surface area contributed by atoms with Crippen LogP contribution < -0.4 is 0 Å². The maximum atomic E-state index is 10.6. The Kier molecular flexibility index (Phi) is 5.49. The van der Waals surface area contributed by atoms with Gasteiger partial charge in [0, 0.05) is 5.56 Å². The topological polar surface area (TPSA) is 17.1 Å². The summed E-state index contributed by atoms with van der Waals surface area (Å²) in [6.07, 6.45) is 0. The molecule has 0 heterocycles. The molecule has 0 aliphatic heterocycles. The van der Waals surface area contributed by atoms with E-state index < -0.39 is 0 Å². The summed E-state index contributed by atoms with van der Waals surface area (Å²) in [7, 11) is 0. The van der Waals surface area contributed by atoms with E-state index in [1.807, 2.05) is 30.3 Å². The summed E-state index contributed by atoms with van der Waals surface area (Å²) < 4.78 is 0. The zero-order valence-electron chi connectivity index (χ0n) is 5.29. The van der Waals surface area contributed by atoms with Crippen LogP contribution in [0, 0.1) is 0 Å². The fourth-order valence-corrected chi connectivity index (χ4v) is 0.673. The van der Waals surface area contributed by atoms with Gasteiger partial charge in [0.05, 0.1) is 0 Å². The van der Waals surface area contributed by atoms with Crippen molar-refractivity contribution in [3.63, 3.8) is 0 Å². The second-order valence-corrected chi connectivity index (χ2v) is 1.92. The number of ketones is 1. The van der Waals surface area contributed by atoms with Crippen molar-refractivity contribution in [2.75, 3.05) is 0 Å². The van der Waals surface area contributed by atoms with Crippen LogP contribution in [0.3, 0.4) is 0 Å². The van der Waals surface area contributed by atoms with Crippen LogP contribution >= 0.6 is 0 Å². The molecule has 0 unspecified atom stereocenters. The van der Waals surface area contributed by atoms with Gasteiger partial charge in [0.2, 0.25) is 0 Å². The first-order valence-corrected chi connectivity index (χ1v) is 2.86. The van der Waals surface area contributed by atoms with Crippen molar-refractivity contribution in [1.82, 2.24) is 0 Å². The minimum absolute atomic E-state index is 0. The summed E-state index contributed by atoms with van der Waals surface area (Å²) in [6.45, 7) is 1.56. The van der Waals surface area contributed by atoms with E-state index in [0.717, 1.165) is 5.56 Å². The molecule has 48 valence electrons. The molecule has 0 aliphatic carbocycles. The average molecular weight is 160 g/mol. The second-order valence-electron chi connectivity index (χ2n) is 1.92. The van der Waals surface area contributed by atoms with E-state index >= 15 is 0 Å². The Labute approximate surface area is 103 Å². The number of rotatable bonds is 1. The van der Waals surface area contributed by atoms with Crippen molar-refractivity contribution in [3.05, 3.63) is 35.9 Å². The first-order chi connectivity index (χ1) is 4.30. The third-order valence-electron chi connectivity index (χ3n) is 1.18. The van der Waals surface area contributed by atoms with Crippen molar-refractivity contribution in [2.45, 2.75) is 6.92 Å². The molecule has 0 bridgehead atoms. The standard InChI is InChI=1S/C8H8O.K.H/c1-7(9)8-5-3-2-4-6-8;;/h2-6H,1H3;;. The minimum atomic E-state index is 0. The van der Waals surface area contributed by atoms with Crippen molar-refractivity contribution in [3.8, 4) is 0 Å². The molecular weight excluding hydrogens is 151 g/mol. The van der Waals surface area contributed by atoms with E-state index in [1.165, 1.54) is 0 Å². The Bertz CT molecular complexity index is 206. The Balaban J connectivity index is 0.000000810. The Morgan fingerprint density at radius 1 is 1.20 bits per heavy atom. The predicted octanol–water partition coefficient (Wildman–Crippen LogP) is 1.24. The number of carbonyl (C=O) groups is 1. The third kappa shape index (κ3) is 3.08. The number of benzene rings is 1. The summed E-state index contributed by atoms with van der Waals surface area (Å²) in [5.41, 5.74) is 0.775. The molecule has 0 radical (unpaired) electrons. The van der Waals surface area contributed by atoms with Gasteiger partial charge in [-0.3, -0.25) is 4.79 Å². The Hall–Kier alpha value is 0.526. The van der Waals surface area contributed by atoms with Crippen LogP contribution in [0.15, 0.2) is 30.3 Å². The molecule has 1 aromatic carbocycles. The fraction of sp³-hybridized carbons (Fsp3) is 0.125. The summed E-state index contributed by atoms with van der Waals surface area (Å²) in [4.78, 5) is 10.6. The van der Waals surface area contributed by atoms with Gasteiger partial charge in [-0.15, -0.1) is 0 Å². The van der Waals surface area contributed by atoms with Crippen LogP contribution in [-0.4, -0.2) is 57.2 Å². The average Bonchev–Trinajstić information content (AvgIpc) is 1.90. The van der Waals surface area contributed by atoms with E-state index in [9.17, 15) is 4.79 Å². The molecular formula is C8H9KO. The third-order valence-corrected chi connectivity index (χ3v) is 1.18. The van der Waals surface area contributed by atoms with E-state index in [2.05, 4.69) is 0 Å². The van der Waals surface area contributed by atoms with Crippen LogP contribution in [0.4, 0.5) is 0 Å². The molecule has 0 atom stereocenters. The van der Waals surface area contributed by atoms with Gasteiger partial charge < -0.3 is 0 Å². The molecule has 0 aromatic heterocycles. The molecule has 0 spiro atoms. The first kappa shape index (κ1) is 10.5. The SMILES string of the molecule is CC(=O)c1ccccc1.[KH]. The molecule has 0 aliphatic rings. The van der Waals surface area contributed by atoms with Crippen molar-refractivity contribution >= 4 is 57.2 Å². The quantitative estimate of drug-likeness (QED) is 0.446. The zero-order chi connectivity index (χ0) is 6.69. The van der Waals surface area contributed by atoms with Gasteiger partial charge >= 0.3 is 51.4 Å². The Morgan fingerprint density at radius 2 is 1.70 bits per heavy atom. The molecule has 0 amide bonds. The van der Waals surface area contributed by atoms with Crippen LogP contribution in [0.25, 0.3) is 0 Å². The second kappa shape index (κ2) is 5.21. The number of hydrogen-bond donors (Lipinski definition) is 0. The number of Topliss-reactive ketones (excluding diaryl/α,β-unsaturated/α-hetero) is 1. The molecule has 10 heavy (non-hydrogen) atoms.